The van der Waals surface area contributed by atoms with E-state index >= 15 is 0 Å². The van der Waals surface area contributed by atoms with Gasteiger partial charge in [-0.25, -0.2) is 4.52 Å². The molecule has 2 rings (SSSR count). The second-order valence-corrected chi connectivity index (χ2v) is 3.67. The van der Waals surface area contributed by atoms with Crippen molar-refractivity contribution in [3.05, 3.63) is 29.5 Å². The Kier molecular flexibility index (Phi) is 2.09. The van der Waals surface area contributed by atoms with E-state index in [9.17, 15) is 0 Å². The highest BCUT2D eigenvalue weighted by molar-refractivity contribution is 5.71. The first-order chi connectivity index (χ1) is 7.15. The Bertz CT molecular complexity index is 545. The van der Waals surface area contributed by atoms with Crippen molar-refractivity contribution in [3.8, 4) is 6.07 Å². The summed E-state index contributed by atoms with van der Waals surface area (Å²) in [5.74, 6) is 0.715. The van der Waals surface area contributed by atoms with E-state index < -0.39 is 0 Å². The molecule has 2 aromatic heterocycles. The molecule has 0 saturated heterocycles. The van der Waals surface area contributed by atoms with E-state index in [1.54, 1.807) is 4.52 Å². The summed E-state index contributed by atoms with van der Waals surface area (Å²) in [7, 11) is 3.77. The van der Waals surface area contributed by atoms with Crippen LogP contribution >= 0.6 is 0 Å². The molecule has 0 spiro atoms. The Morgan fingerprint density at radius 1 is 1.40 bits per heavy atom. The molecule has 76 valence electrons. The first-order valence-corrected chi connectivity index (χ1v) is 4.71. The lowest BCUT2D eigenvalue weighted by Crippen LogP contribution is -2.10. The molecule has 4 heteroatoms. The predicted molar refractivity (Wildman–Crippen MR) is 59.0 cm³/mol. The Labute approximate surface area is 88.3 Å². The fraction of sp³-hybridized carbons (Fsp3) is 0.273. The second kappa shape index (κ2) is 3.28. The molecule has 2 heterocycles. The molecule has 0 bridgehead atoms. The maximum absolute atomic E-state index is 9.12. The molecular weight excluding hydrogens is 188 g/mol. The van der Waals surface area contributed by atoms with E-state index in [0.29, 0.717) is 11.4 Å². The van der Waals surface area contributed by atoms with Gasteiger partial charge in [0.05, 0.1) is 5.52 Å². The van der Waals surface area contributed by atoms with Crippen LogP contribution in [0.4, 0.5) is 5.82 Å². The molecule has 0 N–H and O–H groups in total. The molecule has 15 heavy (non-hydrogen) atoms. The number of hydrogen-bond acceptors (Lipinski definition) is 3. The zero-order valence-electron chi connectivity index (χ0n) is 9.02. The van der Waals surface area contributed by atoms with Crippen molar-refractivity contribution in [2.45, 2.75) is 6.92 Å². The Morgan fingerprint density at radius 3 is 2.73 bits per heavy atom. The molecule has 0 aliphatic heterocycles. The average Bonchev–Trinajstić information content (AvgIpc) is 2.57. The largest absolute Gasteiger partial charge is 0.360 e. The molecule has 0 fully saturated rings. The van der Waals surface area contributed by atoms with Gasteiger partial charge in [0.2, 0.25) is 0 Å². The zero-order chi connectivity index (χ0) is 11.0. The second-order valence-electron chi connectivity index (χ2n) is 3.67. The number of aromatic nitrogens is 2. The van der Waals surface area contributed by atoms with Crippen LogP contribution in [0.1, 0.15) is 11.3 Å². The van der Waals surface area contributed by atoms with Gasteiger partial charge in [-0.1, -0.05) is 6.07 Å². The van der Waals surface area contributed by atoms with Gasteiger partial charge in [-0.3, -0.25) is 0 Å². The third-order valence-corrected chi connectivity index (χ3v) is 2.36. The van der Waals surface area contributed by atoms with Gasteiger partial charge >= 0.3 is 0 Å². The summed E-state index contributed by atoms with van der Waals surface area (Å²) in [4.78, 5) is 1.85. The minimum atomic E-state index is 0.628. The van der Waals surface area contributed by atoms with Crippen LogP contribution in [0.15, 0.2) is 18.2 Å². The van der Waals surface area contributed by atoms with E-state index in [2.05, 4.69) is 11.2 Å². The van der Waals surface area contributed by atoms with E-state index in [-0.39, 0.29) is 0 Å². The van der Waals surface area contributed by atoms with Crippen molar-refractivity contribution in [1.29, 1.82) is 5.26 Å². The highest BCUT2D eigenvalue weighted by atomic mass is 15.3. The number of hydrogen-bond donors (Lipinski definition) is 0. The molecule has 0 atom stereocenters. The van der Waals surface area contributed by atoms with Gasteiger partial charge < -0.3 is 4.90 Å². The maximum Gasteiger partial charge on any atom is 0.169 e. The summed E-state index contributed by atoms with van der Waals surface area (Å²) in [5, 5.41) is 13.5. The zero-order valence-corrected chi connectivity index (χ0v) is 9.02. The molecular formula is C11H12N4. The number of fused-ring (bicyclic) bond motifs is 1. The monoisotopic (exact) mass is 200 g/mol. The molecule has 0 aromatic carbocycles. The lowest BCUT2D eigenvalue weighted by molar-refractivity contribution is 0.895. The number of nitriles is 1. The quantitative estimate of drug-likeness (QED) is 0.702. The van der Waals surface area contributed by atoms with E-state index in [1.165, 1.54) is 0 Å². The molecule has 0 aliphatic carbocycles. The minimum Gasteiger partial charge on any atom is -0.360 e. The van der Waals surface area contributed by atoms with Gasteiger partial charge in [0.15, 0.2) is 5.82 Å². The van der Waals surface area contributed by atoms with E-state index in [0.717, 1.165) is 11.2 Å². The van der Waals surface area contributed by atoms with E-state index in [4.69, 9.17) is 5.26 Å². The Balaban J connectivity index is 2.86. The normalized spacial score (nSPS) is 10.3. The van der Waals surface area contributed by atoms with Crippen molar-refractivity contribution >= 4 is 11.3 Å². The van der Waals surface area contributed by atoms with Crippen molar-refractivity contribution < 1.29 is 0 Å². The van der Waals surface area contributed by atoms with Crippen LogP contribution in [-0.4, -0.2) is 23.7 Å². The number of nitrogens with zero attached hydrogens (tertiary/aromatic N) is 4. The van der Waals surface area contributed by atoms with Gasteiger partial charge in [0.25, 0.3) is 0 Å². The molecule has 2 aromatic rings. The summed E-state index contributed by atoms with van der Waals surface area (Å²) < 4.78 is 1.80. The number of anilines is 1. The van der Waals surface area contributed by atoms with Crippen LogP contribution in [0.2, 0.25) is 0 Å². The first kappa shape index (κ1) is 9.53. The summed E-state index contributed by atoms with van der Waals surface area (Å²) in [5.41, 5.74) is 2.52. The molecule has 0 aliphatic rings. The summed E-state index contributed by atoms with van der Waals surface area (Å²) in [6.45, 7) is 1.97. The standard InChI is InChI=1S/C11H12N4/c1-8-5-4-6-10-9(7-12)11(14(2)3)13-15(8)10/h4-6H,1-3H3. The topological polar surface area (TPSA) is 44.3 Å². The lowest BCUT2D eigenvalue weighted by atomic mass is 10.2. The molecule has 0 radical (unpaired) electrons. The smallest absolute Gasteiger partial charge is 0.169 e. The summed E-state index contributed by atoms with van der Waals surface area (Å²) in [6, 6.07) is 8.02. The SMILES string of the molecule is Cc1cccc2c(C#N)c(N(C)C)nn12. The van der Waals surface area contributed by atoms with Gasteiger partial charge in [0, 0.05) is 19.8 Å². The number of pyridine rings is 1. The highest BCUT2D eigenvalue weighted by Gasteiger charge is 2.14. The summed E-state index contributed by atoms with van der Waals surface area (Å²) in [6.07, 6.45) is 0. The van der Waals surface area contributed by atoms with Crippen molar-refractivity contribution in [3.63, 3.8) is 0 Å². The number of aryl methyl sites for hydroxylation is 1. The molecule has 4 nitrogen and oxygen atoms in total. The van der Waals surface area contributed by atoms with E-state index in [1.807, 2.05) is 44.1 Å². The predicted octanol–water partition coefficient (Wildman–Crippen LogP) is 1.58. The fourth-order valence-electron chi connectivity index (χ4n) is 1.61. The third kappa shape index (κ3) is 1.33. The van der Waals surface area contributed by atoms with Crippen LogP contribution in [-0.2, 0) is 0 Å². The number of rotatable bonds is 1. The molecule has 0 saturated carbocycles. The Morgan fingerprint density at radius 2 is 2.13 bits per heavy atom. The Hall–Kier alpha value is -2.02. The van der Waals surface area contributed by atoms with Gasteiger partial charge in [-0.05, 0) is 19.1 Å². The van der Waals surface area contributed by atoms with Gasteiger partial charge in [-0.15, -0.1) is 5.10 Å². The third-order valence-electron chi connectivity index (χ3n) is 2.36. The van der Waals surface area contributed by atoms with Crippen molar-refractivity contribution in [2.75, 3.05) is 19.0 Å². The van der Waals surface area contributed by atoms with Crippen molar-refractivity contribution in [1.82, 2.24) is 9.61 Å². The van der Waals surface area contributed by atoms with Crippen LogP contribution in [0.5, 0.6) is 0 Å². The lowest BCUT2D eigenvalue weighted by Gasteiger charge is -2.06. The summed E-state index contributed by atoms with van der Waals surface area (Å²) >= 11 is 0. The fourth-order valence-corrected chi connectivity index (χ4v) is 1.61. The van der Waals surface area contributed by atoms with Gasteiger partial charge in [0.1, 0.15) is 11.6 Å². The van der Waals surface area contributed by atoms with Crippen LogP contribution < -0.4 is 4.90 Å². The van der Waals surface area contributed by atoms with Crippen molar-refractivity contribution in [2.24, 2.45) is 0 Å². The minimum absolute atomic E-state index is 0.628. The first-order valence-electron chi connectivity index (χ1n) is 4.71. The highest BCUT2D eigenvalue weighted by Crippen LogP contribution is 2.22. The van der Waals surface area contributed by atoms with Gasteiger partial charge in [-0.2, -0.15) is 5.26 Å². The maximum atomic E-state index is 9.12. The molecule has 0 amide bonds. The van der Waals surface area contributed by atoms with Crippen LogP contribution in [0.25, 0.3) is 5.52 Å². The average molecular weight is 200 g/mol. The molecule has 0 unspecified atom stereocenters. The van der Waals surface area contributed by atoms with Crippen LogP contribution in [0.3, 0.4) is 0 Å². The van der Waals surface area contributed by atoms with Crippen LogP contribution in [0, 0.1) is 18.3 Å².